The van der Waals surface area contributed by atoms with E-state index in [4.69, 9.17) is 5.26 Å². The lowest BCUT2D eigenvalue weighted by Crippen LogP contribution is -1.97. The Balaban J connectivity index is 2.39. The van der Waals surface area contributed by atoms with Gasteiger partial charge in [-0.15, -0.1) is 0 Å². The summed E-state index contributed by atoms with van der Waals surface area (Å²) in [6.07, 6.45) is 2.25. The van der Waals surface area contributed by atoms with Gasteiger partial charge in [0.2, 0.25) is 0 Å². The molecule has 0 bridgehead atoms. The predicted molar refractivity (Wildman–Crippen MR) is 62.4 cm³/mol. The first-order valence-electron chi connectivity index (χ1n) is 5.19. The molecule has 3 nitrogen and oxygen atoms in total. The van der Waals surface area contributed by atoms with Crippen LogP contribution in [-0.2, 0) is 6.42 Å². The van der Waals surface area contributed by atoms with Crippen LogP contribution >= 0.6 is 0 Å². The number of benzene rings is 1. The van der Waals surface area contributed by atoms with Gasteiger partial charge in [0.25, 0.3) is 0 Å². The molecule has 0 aliphatic rings. The molecule has 0 N–H and O–H groups in total. The molecule has 0 spiro atoms. The summed E-state index contributed by atoms with van der Waals surface area (Å²) in [6.45, 7) is 4.13. The number of nitriles is 1. The average molecular weight is 211 g/mol. The summed E-state index contributed by atoms with van der Waals surface area (Å²) in [4.78, 5) is 0. The van der Waals surface area contributed by atoms with Crippen molar-refractivity contribution >= 4 is 0 Å². The highest BCUT2D eigenvalue weighted by atomic mass is 15.3. The quantitative estimate of drug-likeness (QED) is 0.766. The lowest BCUT2D eigenvalue weighted by atomic mass is 10.1. The largest absolute Gasteiger partial charge is 0.241 e. The van der Waals surface area contributed by atoms with E-state index < -0.39 is 0 Å². The second-order valence-corrected chi connectivity index (χ2v) is 3.93. The first-order chi connectivity index (χ1) is 7.69. The van der Waals surface area contributed by atoms with Gasteiger partial charge in [0, 0.05) is 6.20 Å². The third-order valence-corrected chi connectivity index (χ3v) is 2.38. The lowest BCUT2D eigenvalue weighted by Gasteiger charge is -2.04. The maximum Gasteiger partial charge on any atom is 0.0793 e. The van der Waals surface area contributed by atoms with Gasteiger partial charge in [-0.2, -0.15) is 10.4 Å². The van der Waals surface area contributed by atoms with E-state index in [1.165, 1.54) is 11.1 Å². The summed E-state index contributed by atoms with van der Waals surface area (Å²) in [6, 6.07) is 10.3. The topological polar surface area (TPSA) is 41.6 Å². The summed E-state index contributed by atoms with van der Waals surface area (Å²) in [5.74, 6) is 0. The molecule has 0 aliphatic heterocycles. The minimum Gasteiger partial charge on any atom is -0.241 e. The van der Waals surface area contributed by atoms with Gasteiger partial charge in [-0.25, -0.2) is 4.68 Å². The van der Waals surface area contributed by atoms with Crippen LogP contribution in [0.2, 0.25) is 0 Å². The van der Waals surface area contributed by atoms with Crippen molar-refractivity contribution in [2.75, 3.05) is 0 Å². The van der Waals surface area contributed by atoms with E-state index in [0.29, 0.717) is 6.42 Å². The van der Waals surface area contributed by atoms with Crippen LogP contribution in [-0.4, -0.2) is 9.78 Å². The average Bonchev–Trinajstić information content (AvgIpc) is 2.65. The van der Waals surface area contributed by atoms with Crippen LogP contribution in [0.5, 0.6) is 0 Å². The van der Waals surface area contributed by atoms with Gasteiger partial charge in [0.15, 0.2) is 0 Å². The van der Waals surface area contributed by atoms with Crippen LogP contribution < -0.4 is 0 Å². The molecule has 80 valence electrons. The van der Waals surface area contributed by atoms with Gasteiger partial charge in [-0.05, 0) is 43.2 Å². The molecule has 0 saturated heterocycles. The van der Waals surface area contributed by atoms with Crippen molar-refractivity contribution in [3.63, 3.8) is 0 Å². The van der Waals surface area contributed by atoms with Gasteiger partial charge >= 0.3 is 0 Å². The monoisotopic (exact) mass is 211 g/mol. The summed E-state index contributed by atoms with van der Waals surface area (Å²) >= 11 is 0. The van der Waals surface area contributed by atoms with Crippen LogP contribution in [0.3, 0.4) is 0 Å². The molecule has 0 radical (unpaired) electrons. The SMILES string of the molecule is Cc1cc(C)cc(-n2ccc(CC#N)n2)c1. The van der Waals surface area contributed by atoms with Crippen molar-refractivity contribution in [1.82, 2.24) is 9.78 Å². The van der Waals surface area contributed by atoms with Crippen LogP contribution in [0.25, 0.3) is 5.69 Å². The molecule has 2 rings (SSSR count). The molecule has 0 fully saturated rings. The highest BCUT2D eigenvalue weighted by Crippen LogP contribution is 2.13. The minimum atomic E-state index is 0.359. The van der Waals surface area contributed by atoms with E-state index in [1.807, 2.05) is 16.9 Å². The first-order valence-corrected chi connectivity index (χ1v) is 5.19. The maximum atomic E-state index is 8.59. The molecule has 0 aliphatic carbocycles. The molecule has 1 aromatic carbocycles. The third kappa shape index (κ3) is 2.12. The Morgan fingerprint density at radius 1 is 1.25 bits per heavy atom. The maximum absolute atomic E-state index is 8.59. The second kappa shape index (κ2) is 4.19. The van der Waals surface area contributed by atoms with Crippen LogP contribution in [0.4, 0.5) is 0 Å². The van der Waals surface area contributed by atoms with Crippen molar-refractivity contribution in [2.24, 2.45) is 0 Å². The molecule has 2 aromatic rings. The number of rotatable bonds is 2. The molecule has 3 heteroatoms. The fourth-order valence-electron chi connectivity index (χ4n) is 1.76. The summed E-state index contributed by atoms with van der Waals surface area (Å²) in [5.41, 5.74) is 4.28. The number of nitrogens with zero attached hydrogens (tertiary/aromatic N) is 3. The number of aromatic nitrogens is 2. The van der Waals surface area contributed by atoms with E-state index in [9.17, 15) is 0 Å². The Morgan fingerprint density at radius 3 is 2.56 bits per heavy atom. The minimum absolute atomic E-state index is 0.359. The Hall–Kier alpha value is -2.08. The van der Waals surface area contributed by atoms with Crippen molar-refractivity contribution < 1.29 is 0 Å². The van der Waals surface area contributed by atoms with Crippen molar-refractivity contribution in [3.8, 4) is 11.8 Å². The number of hydrogen-bond donors (Lipinski definition) is 0. The van der Waals surface area contributed by atoms with Crippen LogP contribution in [0.1, 0.15) is 16.8 Å². The zero-order chi connectivity index (χ0) is 11.5. The first kappa shape index (κ1) is 10.4. The summed E-state index contributed by atoms with van der Waals surface area (Å²) < 4.78 is 1.81. The van der Waals surface area contributed by atoms with Crippen LogP contribution in [0.15, 0.2) is 30.5 Å². The van der Waals surface area contributed by atoms with Crippen molar-refractivity contribution in [1.29, 1.82) is 5.26 Å². The molecule has 16 heavy (non-hydrogen) atoms. The highest BCUT2D eigenvalue weighted by molar-refractivity contribution is 5.38. The summed E-state index contributed by atoms with van der Waals surface area (Å²) in [5, 5.41) is 12.9. The van der Waals surface area contributed by atoms with Gasteiger partial charge in [-0.3, -0.25) is 0 Å². The van der Waals surface area contributed by atoms with Crippen LogP contribution in [0, 0.1) is 25.2 Å². The molecule has 0 amide bonds. The third-order valence-electron chi connectivity index (χ3n) is 2.38. The second-order valence-electron chi connectivity index (χ2n) is 3.93. The number of aryl methyl sites for hydroxylation is 2. The van der Waals surface area contributed by atoms with Gasteiger partial charge < -0.3 is 0 Å². The Kier molecular flexibility index (Phi) is 2.74. The molecule has 0 saturated carbocycles. The molecule has 0 unspecified atom stereocenters. The standard InChI is InChI=1S/C13H13N3/c1-10-7-11(2)9-13(8-10)16-6-4-12(15-16)3-5-14/h4,6-9H,3H2,1-2H3. The Labute approximate surface area is 94.9 Å². The van der Waals surface area contributed by atoms with E-state index in [2.05, 4.69) is 43.2 Å². The lowest BCUT2D eigenvalue weighted by molar-refractivity contribution is 0.851. The van der Waals surface area contributed by atoms with E-state index in [1.54, 1.807) is 0 Å². The summed E-state index contributed by atoms with van der Waals surface area (Å²) in [7, 11) is 0. The van der Waals surface area contributed by atoms with E-state index in [0.717, 1.165) is 11.4 Å². The van der Waals surface area contributed by atoms with Gasteiger partial charge in [0.1, 0.15) is 0 Å². The fraction of sp³-hybridized carbons (Fsp3) is 0.231. The van der Waals surface area contributed by atoms with Crippen molar-refractivity contribution in [2.45, 2.75) is 20.3 Å². The van der Waals surface area contributed by atoms with Gasteiger partial charge in [0.05, 0.1) is 23.9 Å². The molecule has 1 aromatic heterocycles. The highest BCUT2D eigenvalue weighted by Gasteiger charge is 2.01. The van der Waals surface area contributed by atoms with Gasteiger partial charge in [-0.1, -0.05) is 6.07 Å². The predicted octanol–water partition coefficient (Wildman–Crippen LogP) is 2.56. The Morgan fingerprint density at radius 2 is 1.94 bits per heavy atom. The number of hydrogen-bond acceptors (Lipinski definition) is 2. The van der Waals surface area contributed by atoms with E-state index in [-0.39, 0.29) is 0 Å². The molecular formula is C13H13N3. The molecule has 0 atom stereocenters. The Bertz CT molecular complexity index is 526. The molecule has 1 heterocycles. The normalized spacial score (nSPS) is 10.1. The smallest absolute Gasteiger partial charge is 0.0793 e. The molecular weight excluding hydrogens is 198 g/mol. The van der Waals surface area contributed by atoms with E-state index >= 15 is 0 Å². The fourth-order valence-corrected chi connectivity index (χ4v) is 1.76. The zero-order valence-corrected chi connectivity index (χ0v) is 9.44. The zero-order valence-electron chi connectivity index (χ0n) is 9.44. The van der Waals surface area contributed by atoms with Crippen molar-refractivity contribution in [3.05, 3.63) is 47.3 Å².